The summed E-state index contributed by atoms with van der Waals surface area (Å²) in [5.74, 6) is 2.61. The van der Waals surface area contributed by atoms with Gasteiger partial charge in [0.05, 0.1) is 0 Å². The summed E-state index contributed by atoms with van der Waals surface area (Å²) >= 11 is 46.1. The Hall–Kier alpha value is 2.03. The van der Waals surface area contributed by atoms with Crippen molar-refractivity contribution < 1.29 is 0 Å². The molecule has 0 aliphatic carbocycles. The van der Waals surface area contributed by atoms with E-state index in [1.165, 1.54) is 0 Å². The molecular formula is C30H55Cl7. The average molecular weight is 664 g/mol. The lowest BCUT2D eigenvalue weighted by atomic mass is 9.89. The minimum atomic E-state index is -0.129. The van der Waals surface area contributed by atoms with Crippen LogP contribution in [0.4, 0.5) is 0 Å². The molecule has 0 spiro atoms. The fraction of sp³-hybridized carbons (Fsp3) is 1.00. The van der Waals surface area contributed by atoms with Gasteiger partial charge in [-0.2, -0.15) is 0 Å². The molecule has 0 rings (SSSR count). The van der Waals surface area contributed by atoms with E-state index in [4.69, 9.17) is 81.2 Å². The normalized spacial score (nSPS) is 20.2. The average Bonchev–Trinajstić information content (AvgIpc) is 2.82. The number of halogens is 7. The first-order valence-corrected chi connectivity index (χ1v) is 17.6. The highest BCUT2D eigenvalue weighted by Crippen LogP contribution is 2.32. The Morgan fingerprint density at radius 3 is 1.32 bits per heavy atom. The third kappa shape index (κ3) is 19.0. The molecule has 0 saturated heterocycles. The van der Waals surface area contributed by atoms with E-state index in [0.29, 0.717) is 29.6 Å². The fourth-order valence-electron chi connectivity index (χ4n) is 4.70. The zero-order valence-corrected chi connectivity index (χ0v) is 29.7. The first-order valence-electron chi connectivity index (χ1n) is 14.5. The van der Waals surface area contributed by atoms with Crippen molar-refractivity contribution in [3.8, 4) is 0 Å². The Morgan fingerprint density at radius 1 is 0.514 bits per heavy atom. The van der Waals surface area contributed by atoms with Crippen molar-refractivity contribution in [2.45, 2.75) is 151 Å². The molecule has 0 aromatic rings. The van der Waals surface area contributed by atoms with Crippen LogP contribution in [-0.4, -0.2) is 37.6 Å². The summed E-state index contributed by atoms with van der Waals surface area (Å²) in [4.78, 5) is -0.129. The van der Waals surface area contributed by atoms with Crippen LogP contribution in [0.1, 0.15) is 119 Å². The smallest absolute Gasteiger partial charge is 0.0390 e. The summed E-state index contributed by atoms with van der Waals surface area (Å²) < 4.78 is 0. The van der Waals surface area contributed by atoms with Crippen molar-refractivity contribution >= 4 is 81.2 Å². The maximum atomic E-state index is 6.81. The van der Waals surface area contributed by atoms with Crippen LogP contribution in [0.5, 0.6) is 0 Å². The molecule has 7 heteroatoms. The van der Waals surface area contributed by atoms with Crippen molar-refractivity contribution in [1.29, 1.82) is 0 Å². The van der Waals surface area contributed by atoms with Crippen LogP contribution < -0.4 is 0 Å². The van der Waals surface area contributed by atoms with E-state index < -0.39 is 0 Å². The van der Waals surface area contributed by atoms with E-state index in [1.54, 1.807) is 0 Å². The van der Waals surface area contributed by atoms with Crippen LogP contribution in [-0.2, 0) is 0 Å². The minimum absolute atomic E-state index is 0.0188. The van der Waals surface area contributed by atoms with Gasteiger partial charge in [0.2, 0.25) is 0 Å². The Labute approximate surface area is 265 Å². The maximum Gasteiger partial charge on any atom is 0.0390 e. The molecule has 9 atom stereocenters. The molecule has 0 radical (unpaired) electrons. The topological polar surface area (TPSA) is 0 Å². The predicted molar refractivity (Wildman–Crippen MR) is 175 cm³/mol. The molecule has 0 fully saturated rings. The van der Waals surface area contributed by atoms with Gasteiger partial charge >= 0.3 is 0 Å². The lowest BCUT2D eigenvalue weighted by Gasteiger charge is -2.26. The van der Waals surface area contributed by atoms with Crippen molar-refractivity contribution in [2.24, 2.45) is 29.6 Å². The predicted octanol–water partition coefficient (Wildman–Crippen LogP) is 12.8. The highest BCUT2D eigenvalue weighted by atomic mass is 35.5. The first-order chi connectivity index (χ1) is 17.1. The fourth-order valence-corrected chi connectivity index (χ4v) is 6.52. The molecule has 0 saturated carbocycles. The molecule has 0 N–H and O–H groups in total. The summed E-state index contributed by atoms with van der Waals surface area (Å²) in [5.41, 5.74) is 0. The molecule has 0 nitrogen and oxygen atoms in total. The lowest BCUT2D eigenvalue weighted by molar-refractivity contribution is 0.381. The Morgan fingerprint density at radius 2 is 0.892 bits per heavy atom. The summed E-state index contributed by atoms with van der Waals surface area (Å²) in [6, 6.07) is 0. The van der Waals surface area contributed by atoms with Gasteiger partial charge in [0, 0.05) is 37.6 Å². The molecule has 0 aliphatic heterocycles. The van der Waals surface area contributed by atoms with E-state index in [9.17, 15) is 0 Å². The number of hydrogen-bond acceptors (Lipinski definition) is 0. The SMILES string of the molecule is CC(C)C(Cl)CCC(C)C(Cl)CCC(CCl)C(Cl)CCC(Cl)C(C)CCC(Cl)C(C)CCCC(C)(C)Cl. The number of alkyl halides is 7. The standard InChI is InChI=1S/C30H55Cl7/c1-20(2)25(32)13-10-22(4)27(34)15-12-24(19-31)29(36)17-16-28(35)23(5)11-14-26(33)21(3)9-8-18-30(6,7)37/h20-29H,8-19H2,1-7H3. The highest BCUT2D eigenvalue weighted by Gasteiger charge is 2.25. The third-order valence-corrected chi connectivity index (χ3v) is 11.9. The van der Waals surface area contributed by atoms with Gasteiger partial charge in [0.25, 0.3) is 0 Å². The van der Waals surface area contributed by atoms with Gasteiger partial charge in [-0.05, 0) is 108 Å². The molecule has 9 unspecified atom stereocenters. The second kappa shape index (κ2) is 20.8. The van der Waals surface area contributed by atoms with Crippen LogP contribution in [0, 0.1) is 29.6 Å². The largest absolute Gasteiger partial charge is 0.126 e. The number of rotatable bonds is 22. The van der Waals surface area contributed by atoms with Crippen LogP contribution >= 0.6 is 81.2 Å². The zero-order chi connectivity index (χ0) is 28.8. The van der Waals surface area contributed by atoms with E-state index in [2.05, 4.69) is 48.5 Å². The summed E-state index contributed by atoms with van der Waals surface area (Å²) in [6.45, 7) is 15.2. The summed E-state index contributed by atoms with van der Waals surface area (Å²) in [6.07, 6.45) is 11.0. The van der Waals surface area contributed by atoms with Gasteiger partial charge in [-0.3, -0.25) is 0 Å². The van der Waals surface area contributed by atoms with E-state index in [-0.39, 0.29) is 37.7 Å². The monoisotopic (exact) mass is 660 g/mol. The lowest BCUT2D eigenvalue weighted by Crippen LogP contribution is -2.23. The van der Waals surface area contributed by atoms with E-state index >= 15 is 0 Å². The molecule has 0 aromatic carbocycles. The van der Waals surface area contributed by atoms with Crippen LogP contribution in [0.2, 0.25) is 0 Å². The van der Waals surface area contributed by atoms with Crippen LogP contribution in [0.15, 0.2) is 0 Å². The molecule has 0 aromatic heterocycles. The second-order valence-corrected chi connectivity index (χ2v) is 16.7. The maximum absolute atomic E-state index is 6.81. The molecule has 37 heavy (non-hydrogen) atoms. The quantitative estimate of drug-likeness (QED) is 0.101. The van der Waals surface area contributed by atoms with Crippen molar-refractivity contribution in [3.05, 3.63) is 0 Å². The summed E-state index contributed by atoms with van der Waals surface area (Å²) in [7, 11) is 0. The zero-order valence-electron chi connectivity index (χ0n) is 24.4. The molecular weight excluding hydrogens is 609 g/mol. The van der Waals surface area contributed by atoms with Crippen molar-refractivity contribution in [2.75, 3.05) is 5.88 Å². The Balaban J connectivity index is 4.35. The molecule has 0 amide bonds. The summed E-state index contributed by atoms with van der Waals surface area (Å²) in [5, 5.41) is 0.632. The Kier molecular flexibility index (Phi) is 22.0. The van der Waals surface area contributed by atoms with E-state index in [0.717, 1.165) is 70.6 Å². The molecule has 0 heterocycles. The third-order valence-electron chi connectivity index (χ3n) is 8.04. The van der Waals surface area contributed by atoms with Gasteiger partial charge in [0.15, 0.2) is 0 Å². The van der Waals surface area contributed by atoms with Crippen LogP contribution in [0.3, 0.4) is 0 Å². The van der Waals surface area contributed by atoms with Crippen molar-refractivity contribution in [1.82, 2.24) is 0 Å². The van der Waals surface area contributed by atoms with E-state index in [1.807, 2.05) is 0 Å². The van der Waals surface area contributed by atoms with Gasteiger partial charge in [-0.25, -0.2) is 0 Å². The Bertz CT molecular complexity index is 551. The molecule has 224 valence electrons. The second-order valence-electron chi connectivity index (χ2n) is 12.6. The van der Waals surface area contributed by atoms with Gasteiger partial charge < -0.3 is 0 Å². The van der Waals surface area contributed by atoms with Gasteiger partial charge in [-0.1, -0.05) is 41.0 Å². The molecule has 0 bridgehead atoms. The van der Waals surface area contributed by atoms with Gasteiger partial charge in [-0.15, -0.1) is 81.2 Å². The highest BCUT2D eigenvalue weighted by molar-refractivity contribution is 6.24. The van der Waals surface area contributed by atoms with Gasteiger partial charge in [0.1, 0.15) is 0 Å². The first kappa shape index (κ1) is 39.0. The number of hydrogen-bond donors (Lipinski definition) is 0. The minimum Gasteiger partial charge on any atom is -0.126 e. The van der Waals surface area contributed by atoms with Crippen molar-refractivity contribution in [3.63, 3.8) is 0 Å². The molecule has 0 aliphatic rings. The van der Waals surface area contributed by atoms with Crippen LogP contribution in [0.25, 0.3) is 0 Å².